The van der Waals surface area contributed by atoms with Gasteiger partial charge in [-0.3, -0.25) is 0 Å². The highest BCUT2D eigenvalue weighted by Gasteiger charge is 2.59. The summed E-state index contributed by atoms with van der Waals surface area (Å²) in [5.41, 5.74) is 0.770. The number of benzene rings is 2. The molecule has 1 saturated carbocycles. The van der Waals surface area contributed by atoms with Crippen molar-refractivity contribution in [2.45, 2.75) is 16.1 Å². The molecule has 6 heteroatoms. The summed E-state index contributed by atoms with van der Waals surface area (Å²) >= 11 is 11.7. The van der Waals surface area contributed by atoms with Gasteiger partial charge in [0.25, 0.3) is 0 Å². The van der Waals surface area contributed by atoms with E-state index >= 15 is 0 Å². The third-order valence-corrected chi connectivity index (χ3v) is 6.64. The van der Waals surface area contributed by atoms with Gasteiger partial charge < -0.3 is 4.79 Å². The molecule has 0 aromatic heterocycles. The summed E-state index contributed by atoms with van der Waals surface area (Å²) in [4.78, 5) is 11.4. The van der Waals surface area contributed by atoms with Crippen molar-refractivity contribution in [1.29, 1.82) is 0 Å². The lowest BCUT2D eigenvalue weighted by atomic mass is 10.1. The van der Waals surface area contributed by atoms with Crippen molar-refractivity contribution in [2.24, 2.45) is 5.92 Å². The maximum absolute atomic E-state index is 12.7. The Kier molecular flexibility index (Phi) is 4.02. The number of sulfone groups is 1. The van der Waals surface area contributed by atoms with Crippen LogP contribution >= 0.6 is 23.2 Å². The minimum atomic E-state index is -3.59. The molecule has 1 aliphatic rings. The number of hydrogen-bond acceptors (Lipinski definition) is 3. The van der Waals surface area contributed by atoms with Crippen LogP contribution in [0.5, 0.6) is 0 Å². The van der Waals surface area contributed by atoms with E-state index in [1.807, 2.05) is 0 Å². The number of carbonyl (C=O) groups is 1. The molecule has 0 radical (unpaired) electrons. The molecule has 3 nitrogen and oxygen atoms in total. The molecular formula is C16H12Cl2O3S. The van der Waals surface area contributed by atoms with Gasteiger partial charge in [0.15, 0.2) is 9.84 Å². The molecule has 1 aliphatic carbocycles. The van der Waals surface area contributed by atoms with Gasteiger partial charge in [-0.05, 0) is 42.0 Å². The van der Waals surface area contributed by atoms with Crippen LogP contribution in [0.3, 0.4) is 0 Å². The van der Waals surface area contributed by atoms with E-state index in [4.69, 9.17) is 23.2 Å². The largest absolute Gasteiger partial charge is 0.303 e. The Bertz CT molecular complexity index is 816. The molecular weight excluding hydrogens is 343 g/mol. The smallest absolute Gasteiger partial charge is 0.182 e. The summed E-state index contributed by atoms with van der Waals surface area (Å²) in [6, 6.07) is 13.0. The number of halogens is 2. The maximum atomic E-state index is 12.7. The molecule has 0 aliphatic heterocycles. The van der Waals surface area contributed by atoms with Crippen LogP contribution in [0.1, 0.15) is 11.5 Å². The van der Waals surface area contributed by atoms with Gasteiger partial charge in [0, 0.05) is 21.9 Å². The molecule has 3 rings (SSSR count). The lowest BCUT2D eigenvalue weighted by molar-refractivity contribution is -0.108. The van der Waals surface area contributed by atoms with E-state index in [-0.39, 0.29) is 10.8 Å². The van der Waals surface area contributed by atoms with E-state index < -0.39 is 21.0 Å². The van der Waals surface area contributed by atoms with Gasteiger partial charge in [0.1, 0.15) is 6.29 Å². The Morgan fingerprint density at radius 3 is 2.23 bits per heavy atom. The average molecular weight is 355 g/mol. The molecule has 2 aromatic rings. The van der Waals surface area contributed by atoms with E-state index in [1.54, 1.807) is 24.3 Å². The first kappa shape index (κ1) is 15.5. The molecule has 0 saturated heterocycles. The lowest BCUT2D eigenvalue weighted by Crippen LogP contribution is -2.11. The minimum absolute atomic E-state index is 0.179. The highest BCUT2D eigenvalue weighted by molar-refractivity contribution is 7.92. The minimum Gasteiger partial charge on any atom is -0.303 e. The third-order valence-electron chi connectivity index (χ3n) is 3.90. The quantitative estimate of drug-likeness (QED) is 0.785. The van der Waals surface area contributed by atoms with E-state index in [0.717, 1.165) is 5.56 Å². The van der Waals surface area contributed by atoms with E-state index in [2.05, 4.69) is 0 Å². The van der Waals surface area contributed by atoms with Crippen molar-refractivity contribution >= 4 is 39.3 Å². The zero-order chi connectivity index (χ0) is 15.9. The van der Waals surface area contributed by atoms with Crippen LogP contribution in [0.25, 0.3) is 0 Å². The summed E-state index contributed by atoms with van der Waals surface area (Å²) in [5.74, 6) is -0.893. The highest BCUT2D eigenvalue weighted by Crippen LogP contribution is 2.53. The van der Waals surface area contributed by atoms with Crippen LogP contribution in [0.15, 0.2) is 53.4 Å². The molecule has 3 atom stereocenters. The van der Waals surface area contributed by atoms with Crippen LogP contribution in [-0.4, -0.2) is 20.0 Å². The molecule has 0 heterocycles. The predicted molar refractivity (Wildman–Crippen MR) is 86.2 cm³/mol. The number of carbonyl (C=O) groups excluding carboxylic acids is 1. The van der Waals surface area contributed by atoms with Crippen molar-refractivity contribution in [2.75, 3.05) is 0 Å². The zero-order valence-corrected chi connectivity index (χ0v) is 13.6. The van der Waals surface area contributed by atoms with Crippen LogP contribution in [-0.2, 0) is 14.6 Å². The van der Waals surface area contributed by atoms with Crippen LogP contribution in [0.4, 0.5) is 0 Å². The van der Waals surface area contributed by atoms with Gasteiger partial charge in [-0.25, -0.2) is 8.42 Å². The summed E-state index contributed by atoms with van der Waals surface area (Å²) in [6.45, 7) is 0. The van der Waals surface area contributed by atoms with Gasteiger partial charge >= 0.3 is 0 Å². The van der Waals surface area contributed by atoms with Crippen molar-refractivity contribution in [1.82, 2.24) is 0 Å². The second-order valence-electron chi connectivity index (χ2n) is 5.26. The summed E-state index contributed by atoms with van der Waals surface area (Å²) < 4.78 is 25.4. The monoisotopic (exact) mass is 354 g/mol. The third kappa shape index (κ3) is 2.67. The average Bonchev–Trinajstić information content (AvgIpc) is 3.23. The molecule has 0 spiro atoms. The lowest BCUT2D eigenvalue weighted by Gasteiger charge is -2.04. The summed E-state index contributed by atoms with van der Waals surface area (Å²) in [6.07, 6.45) is 0.712. The summed E-state index contributed by atoms with van der Waals surface area (Å²) in [5, 5.41) is 0.245. The molecule has 114 valence electrons. The Balaban J connectivity index is 1.97. The predicted octanol–water partition coefficient (Wildman–Crippen LogP) is 3.75. The molecule has 1 fully saturated rings. The molecule has 0 unspecified atom stereocenters. The highest BCUT2D eigenvalue weighted by atomic mass is 35.5. The number of hydrogen-bond donors (Lipinski definition) is 0. The van der Waals surface area contributed by atoms with E-state index in [9.17, 15) is 13.2 Å². The molecule has 0 amide bonds. The molecule has 22 heavy (non-hydrogen) atoms. The summed E-state index contributed by atoms with van der Waals surface area (Å²) in [7, 11) is -3.59. The first-order chi connectivity index (χ1) is 10.4. The normalized spacial score (nSPS) is 24.0. The fourth-order valence-corrected chi connectivity index (χ4v) is 5.21. The van der Waals surface area contributed by atoms with Crippen molar-refractivity contribution in [3.63, 3.8) is 0 Å². The molecule has 2 aromatic carbocycles. The van der Waals surface area contributed by atoms with Crippen LogP contribution in [0.2, 0.25) is 10.0 Å². The number of aldehydes is 1. The van der Waals surface area contributed by atoms with Gasteiger partial charge in [-0.1, -0.05) is 35.3 Å². The SMILES string of the molecule is O=C[C@@H]1[C@H](c2cccc(Cl)c2)[C@@H]1S(=O)(=O)c1ccc(Cl)cc1. The van der Waals surface area contributed by atoms with Gasteiger partial charge in [0.2, 0.25) is 0 Å². The van der Waals surface area contributed by atoms with Gasteiger partial charge in [-0.15, -0.1) is 0 Å². The fraction of sp³-hybridized carbons (Fsp3) is 0.188. The Labute approximate surface area is 138 Å². The molecule has 0 N–H and O–H groups in total. The Hall–Kier alpha value is -1.36. The first-order valence-electron chi connectivity index (χ1n) is 6.65. The van der Waals surface area contributed by atoms with E-state index in [0.29, 0.717) is 16.3 Å². The van der Waals surface area contributed by atoms with Gasteiger partial charge in [0.05, 0.1) is 10.1 Å². The first-order valence-corrected chi connectivity index (χ1v) is 8.95. The van der Waals surface area contributed by atoms with Crippen LogP contribution in [0, 0.1) is 5.92 Å². The Morgan fingerprint density at radius 2 is 1.64 bits per heavy atom. The Morgan fingerprint density at radius 1 is 0.955 bits per heavy atom. The second kappa shape index (κ2) is 5.69. The zero-order valence-electron chi connectivity index (χ0n) is 11.3. The molecule has 0 bridgehead atoms. The van der Waals surface area contributed by atoms with Gasteiger partial charge in [-0.2, -0.15) is 0 Å². The van der Waals surface area contributed by atoms with Crippen LogP contribution < -0.4 is 0 Å². The maximum Gasteiger partial charge on any atom is 0.182 e. The van der Waals surface area contributed by atoms with E-state index in [1.165, 1.54) is 24.3 Å². The van der Waals surface area contributed by atoms with Crippen molar-refractivity contribution in [3.05, 3.63) is 64.1 Å². The number of rotatable bonds is 4. The van der Waals surface area contributed by atoms with Crippen molar-refractivity contribution < 1.29 is 13.2 Å². The van der Waals surface area contributed by atoms with Crippen molar-refractivity contribution in [3.8, 4) is 0 Å². The fourth-order valence-electron chi connectivity index (χ4n) is 2.77. The standard InChI is InChI=1S/C16H12Cl2O3S/c17-11-4-6-13(7-5-11)22(20,21)16-14(9-19)15(16)10-2-1-3-12(18)8-10/h1-9,14-16H/t14-,15+,16-/m1/s1. The topological polar surface area (TPSA) is 51.2 Å². The second-order valence-corrected chi connectivity index (χ2v) is 8.24.